The van der Waals surface area contributed by atoms with E-state index in [2.05, 4.69) is 29.0 Å². The van der Waals surface area contributed by atoms with Crippen LogP contribution >= 0.6 is 0 Å². The van der Waals surface area contributed by atoms with Crippen molar-refractivity contribution in [2.75, 3.05) is 39.3 Å². The van der Waals surface area contributed by atoms with Crippen LogP contribution in [0.25, 0.3) is 0 Å². The molecule has 0 aromatic carbocycles. The summed E-state index contributed by atoms with van der Waals surface area (Å²) in [6.45, 7) is 14.7. The predicted octanol–water partition coefficient (Wildman–Crippen LogP) is 0.536. The van der Waals surface area contributed by atoms with Crippen LogP contribution in [0.5, 0.6) is 0 Å². The summed E-state index contributed by atoms with van der Waals surface area (Å²) in [6, 6.07) is 0.221. The summed E-state index contributed by atoms with van der Waals surface area (Å²) >= 11 is 0. The minimum absolute atomic E-state index is 0.113. The Morgan fingerprint density at radius 3 is 2.10 bits per heavy atom. The Bertz CT molecular complexity index is 305. The van der Waals surface area contributed by atoms with Gasteiger partial charge in [0.1, 0.15) is 0 Å². The van der Waals surface area contributed by atoms with E-state index in [1.807, 2.05) is 20.8 Å². The van der Waals surface area contributed by atoms with Crippen molar-refractivity contribution in [2.45, 2.75) is 46.3 Å². The molecule has 1 aliphatic rings. The molecule has 0 aromatic rings. The summed E-state index contributed by atoms with van der Waals surface area (Å²) in [5.41, 5.74) is -0.647. The van der Waals surface area contributed by atoms with Gasteiger partial charge in [-0.2, -0.15) is 0 Å². The highest BCUT2D eigenvalue weighted by Crippen LogP contribution is 2.08. The van der Waals surface area contributed by atoms with Gasteiger partial charge in [0.15, 0.2) is 0 Å². The molecular formula is C15H31N3O2. The Hall–Kier alpha value is -0.650. The first-order chi connectivity index (χ1) is 9.17. The highest BCUT2D eigenvalue weighted by Gasteiger charge is 2.23. The summed E-state index contributed by atoms with van der Waals surface area (Å²) in [7, 11) is 0. The second-order valence-electron chi connectivity index (χ2n) is 6.96. The van der Waals surface area contributed by atoms with Crippen molar-refractivity contribution < 1.29 is 9.90 Å². The third-order valence-corrected chi connectivity index (χ3v) is 3.83. The molecule has 2 N–H and O–H groups in total. The van der Waals surface area contributed by atoms with Crippen LogP contribution in [0, 0.1) is 5.92 Å². The molecule has 0 saturated carbocycles. The maximum Gasteiger partial charge on any atom is 0.234 e. The minimum Gasteiger partial charge on any atom is -0.389 e. The van der Waals surface area contributed by atoms with Crippen LogP contribution < -0.4 is 5.32 Å². The van der Waals surface area contributed by atoms with Gasteiger partial charge in [0.25, 0.3) is 0 Å². The van der Waals surface area contributed by atoms with Gasteiger partial charge in [-0.3, -0.25) is 14.6 Å². The Morgan fingerprint density at radius 1 is 1.15 bits per heavy atom. The number of amides is 1. The number of carbonyl (C=O) groups is 1. The van der Waals surface area contributed by atoms with Crippen molar-refractivity contribution in [3.05, 3.63) is 0 Å². The van der Waals surface area contributed by atoms with Gasteiger partial charge in [-0.15, -0.1) is 0 Å². The highest BCUT2D eigenvalue weighted by atomic mass is 16.3. The molecule has 1 heterocycles. The Labute approximate surface area is 123 Å². The lowest BCUT2D eigenvalue weighted by atomic mass is 10.1. The lowest BCUT2D eigenvalue weighted by Gasteiger charge is -2.37. The van der Waals surface area contributed by atoms with E-state index in [1.165, 1.54) is 0 Å². The van der Waals surface area contributed by atoms with E-state index in [-0.39, 0.29) is 11.9 Å². The topological polar surface area (TPSA) is 55.8 Å². The van der Waals surface area contributed by atoms with Gasteiger partial charge in [0, 0.05) is 38.8 Å². The van der Waals surface area contributed by atoms with Crippen molar-refractivity contribution in [2.24, 2.45) is 5.92 Å². The zero-order valence-electron chi connectivity index (χ0n) is 13.6. The number of hydrogen-bond acceptors (Lipinski definition) is 4. The molecule has 1 unspecified atom stereocenters. The average Bonchev–Trinajstić information content (AvgIpc) is 2.29. The number of β-amino-alcohol motifs (C(OH)–C–C–N with tert-alkyl or cyclic N) is 1. The smallest absolute Gasteiger partial charge is 0.234 e. The third kappa shape index (κ3) is 6.68. The first-order valence-corrected chi connectivity index (χ1v) is 7.64. The number of carbonyl (C=O) groups excluding carboxylic acids is 1. The molecular weight excluding hydrogens is 254 g/mol. The van der Waals surface area contributed by atoms with Crippen LogP contribution in [-0.2, 0) is 4.79 Å². The predicted molar refractivity (Wildman–Crippen MR) is 81.6 cm³/mol. The van der Waals surface area contributed by atoms with E-state index in [1.54, 1.807) is 0 Å². The van der Waals surface area contributed by atoms with E-state index >= 15 is 0 Å². The number of nitrogens with zero attached hydrogens (tertiary/aromatic N) is 2. The normalized spacial score (nSPS) is 20.1. The van der Waals surface area contributed by atoms with E-state index in [4.69, 9.17) is 0 Å². The Morgan fingerprint density at radius 2 is 1.65 bits per heavy atom. The molecule has 0 aromatic heterocycles. The molecule has 1 rings (SSSR count). The van der Waals surface area contributed by atoms with E-state index in [0.717, 1.165) is 26.2 Å². The molecule has 1 saturated heterocycles. The van der Waals surface area contributed by atoms with Gasteiger partial charge < -0.3 is 10.4 Å². The SMILES string of the molecule is CC(C)C(C)NC(=O)CN1CCN(CC(C)(C)O)CC1. The second kappa shape index (κ2) is 7.38. The molecule has 1 amide bonds. The van der Waals surface area contributed by atoms with Crippen LogP contribution in [0.15, 0.2) is 0 Å². The average molecular weight is 285 g/mol. The lowest BCUT2D eigenvalue weighted by Crippen LogP contribution is -2.53. The molecule has 0 aliphatic carbocycles. The quantitative estimate of drug-likeness (QED) is 0.748. The number of rotatable bonds is 6. The zero-order chi connectivity index (χ0) is 15.3. The monoisotopic (exact) mass is 285 g/mol. The number of nitrogens with one attached hydrogen (secondary N) is 1. The van der Waals surface area contributed by atoms with Gasteiger partial charge in [-0.1, -0.05) is 13.8 Å². The largest absolute Gasteiger partial charge is 0.389 e. The summed E-state index contributed by atoms with van der Waals surface area (Å²) in [5.74, 6) is 0.574. The highest BCUT2D eigenvalue weighted by molar-refractivity contribution is 5.78. The third-order valence-electron chi connectivity index (χ3n) is 3.83. The molecule has 1 fully saturated rings. The van der Waals surface area contributed by atoms with E-state index in [0.29, 0.717) is 19.0 Å². The van der Waals surface area contributed by atoms with Gasteiger partial charge >= 0.3 is 0 Å². The van der Waals surface area contributed by atoms with Crippen molar-refractivity contribution in [1.82, 2.24) is 15.1 Å². The molecule has 0 bridgehead atoms. The number of hydrogen-bond donors (Lipinski definition) is 2. The number of piperazine rings is 1. The zero-order valence-corrected chi connectivity index (χ0v) is 13.6. The fourth-order valence-corrected chi connectivity index (χ4v) is 2.32. The van der Waals surface area contributed by atoms with Crippen LogP contribution in [0.3, 0.4) is 0 Å². The standard InChI is InChI=1S/C15H31N3O2/c1-12(2)13(3)16-14(19)10-17-6-8-18(9-7-17)11-15(4,5)20/h12-13,20H,6-11H2,1-5H3,(H,16,19). The van der Waals surface area contributed by atoms with Gasteiger partial charge in [-0.25, -0.2) is 0 Å². The van der Waals surface area contributed by atoms with Crippen molar-refractivity contribution >= 4 is 5.91 Å². The van der Waals surface area contributed by atoms with Crippen molar-refractivity contribution in [1.29, 1.82) is 0 Å². The molecule has 0 radical (unpaired) electrons. The van der Waals surface area contributed by atoms with E-state index in [9.17, 15) is 9.90 Å². The van der Waals surface area contributed by atoms with Crippen molar-refractivity contribution in [3.8, 4) is 0 Å². The Kier molecular flexibility index (Phi) is 6.43. The van der Waals surface area contributed by atoms with Gasteiger partial charge in [0.05, 0.1) is 12.1 Å². The molecule has 0 spiro atoms. The maximum atomic E-state index is 11.9. The Balaban J connectivity index is 2.27. The van der Waals surface area contributed by atoms with Crippen LogP contribution in [0.4, 0.5) is 0 Å². The van der Waals surface area contributed by atoms with Gasteiger partial charge in [-0.05, 0) is 26.7 Å². The molecule has 20 heavy (non-hydrogen) atoms. The lowest BCUT2D eigenvalue weighted by molar-refractivity contribution is -0.123. The maximum absolute atomic E-state index is 11.9. The first-order valence-electron chi connectivity index (χ1n) is 7.64. The first kappa shape index (κ1) is 17.4. The molecule has 1 atom stereocenters. The summed E-state index contributed by atoms with van der Waals surface area (Å²) < 4.78 is 0. The molecule has 5 nitrogen and oxygen atoms in total. The molecule has 5 heteroatoms. The second-order valence-corrected chi connectivity index (χ2v) is 6.96. The fraction of sp³-hybridized carbons (Fsp3) is 0.933. The van der Waals surface area contributed by atoms with E-state index < -0.39 is 5.60 Å². The van der Waals surface area contributed by atoms with Crippen molar-refractivity contribution in [3.63, 3.8) is 0 Å². The fourth-order valence-electron chi connectivity index (χ4n) is 2.32. The van der Waals surface area contributed by atoms with Gasteiger partial charge in [0.2, 0.25) is 5.91 Å². The minimum atomic E-state index is -0.647. The summed E-state index contributed by atoms with van der Waals surface area (Å²) in [5, 5.41) is 12.9. The summed E-state index contributed by atoms with van der Waals surface area (Å²) in [4.78, 5) is 16.4. The summed E-state index contributed by atoms with van der Waals surface area (Å²) in [6.07, 6.45) is 0. The van der Waals surface area contributed by atoms with Crippen LogP contribution in [0.2, 0.25) is 0 Å². The van der Waals surface area contributed by atoms with Crippen LogP contribution in [0.1, 0.15) is 34.6 Å². The molecule has 118 valence electrons. The number of aliphatic hydroxyl groups is 1. The van der Waals surface area contributed by atoms with Crippen LogP contribution in [-0.4, -0.2) is 71.7 Å². The molecule has 1 aliphatic heterocycles.